The highest BCUT2D eigenvalue weighted by Crippen LogP contribution is 2.12. The number of carbonyl (C=O) groups excluding carboxylic acids is 1. The highest BCUT2D eigenvalue weighted by atomic mass is 16.6. The van der Waals surface area contributed by atoms with E-state index in [0.29, 0.717) is 13.2 Å². The largest absolute Gasteiger partial charge is 0.444 e. The number of hydrogen-bond donors (Lipinski definition) is 0. The predicted molar refractivity (Wildman–Crippen MR) is 70.8 cm³/mol. The number of carbonyl (C=O) groups is 1. The standard InChI is InChI=1S/C15H17NO2/c1-2-13-9-6-10-16(11-13)15(17)18-12-14-7-4-3-5-8-14/h3-9,11H,2,10,12H2,1H3. The fourth-order valence-electron chi connectivity index (χ4n) is 1.75. The molecular formula is C15H17NO2. The van der Waals surface area contributed by atoms with Gasteiger partial charge in [-0.15, -0.1) is 0 Å². The Morgan fingerprint density at radius 2 is 2.11 bits per heavy atom. The van der Waals surface area contributed by atoms with Crippen molar-refractivity contribution < 1.29 is 9.53 Å². The summed E-state index contributed by atoms with van der Waals surface area (Å²) < 4.78 is 5.27. The average Bonchev–Trinajstić information content (AvgIpc) is 2.46. The molecule has 1 heterocycles. The molecule has 3 heteroatoms. The molecule has 0 saturated carbocycles. The van der Waals surface area contributed by atoms with E-state index in [-0.39, 0.29) is 6.09 Å². The molecule has 0 saturated heterocycles. The van der Waals surface area contributed by atoms with Crippen LogP contribution >= 0.6 is 0 Å². The minimum Gasteiger partial charge on any atom is -0.444 e. The van der Waals surface area contributed by atoms with Gasteiger partial charge in [0.1, 0.15) is 6.61 Å². The topological polar surface area (TPSA) is 29.5 Å². The first-order valence-electron chi connectivity index (χ1n) is 6.14. The molecule has 0 bridgehead atoms. The van der Waals surface area contributed by atoms with Crippen molar-refractivity contribution in [2.75, 3.05) is 6.54 Å². The molecule has 0 aliphatic carbocycles. The Balaban J connectivity index is 1.89. The van der Waals surface area contributed by atoms with E-state index in [1.54, 1.807) is 4.90 Å². The third kappa shape index (κ3) is 3.23. The second-order valence-corrected chi connectivity index (χ2v) is 4.15. The Hall–Kier alpha value is -2.03. The van der Waals surface area contributed by atoms with Gasteiger partial charge in [0.15, 0.2) is 0 Å². The highest BCUT2D eigenvalue weighted by molar-refractivity contribution is 5.69. The van der Waals surface area contributed by atoms with Crippen LogP contribution in [-0.2, 0) is 11.3 Å². The zero-order valence-electron chi connectivity index (χ0n) is 10.5. The maximum Gasteiger partial charge on any atom is 0.414 e. The van der Waals surface area contributed by atoms with E-state index >= 15 is 0 Å². The fourth-order valence-corrected chi connectivity index (χ4v) is 1.75. The van der Waals surface area contributed by atoms with Crippen LogP contribution in [0.4, 0.5) is 4.79 Å². The van der Waals surface area contributed by atoms with Crippen molar-refractivity contribution in [1.82, 2.24) is 4.90 Å². The van der Waals surface area contributed by atoms with Gasteiger partial charge in [-0.25, -0.2) is 4.79 Å². The van der Waals surface area contributed by atoms with Crippen LogP contribution in [0.1, 0.15) is 18.9 Å². The molecule has 0 fully saturated rings. The van der Waals surface area contributed by atoms with Gasteiger partial charge in [0.25, 0.3) is 0 Å². The molecule has 0 radical (unpaired) electrons. The molecule has 0 aromatic heterocycles. The van der Waals surface area contributed by atoms with Crippen molar-refractivity contribution in [1.29, 1.82) is 0 Å². The Kier molecular flexibility index (Phi) is 4.18. The molecule has 2 rings (SSSR count). The van der Waals surface area contributed by atoms with Crippen LogP contribution < -0.4 is 0 Å². The number of benzene rings is 1. The van der Waals surface area contributed by atoms with Crippen LogP contribution in [0.5, 0.6) is 0 Å². The van der Waals surface area contributed by atoms with E-state index in [0.717, 1.165) is 17.6 Å². The summed E-state index contributed by atoms with van der Waals surface area (Å²) in [7, 11) is 0. The van der Waals surface area contributed by atoms with Crippen molar-refractivity contribution in [2.45, 2.75) is 20.0 Å². The molecular weight excluding hydrogens is 226 g/mol. The maximum absolute atomic E-state index is 11.9. The monoisotopic (exact) mass is 243 g/mol. The van der Waals surface area contributed by atoms with Gasteiger partial charge in [-0.05, 0) is 17.6 Å². The molecule has 1 aromatic carbocycles. The molecule has 1 aromatic rings. The Bertz CT molecular complexity index is 463. The summed E-state index contributed by atoms with van der Waals surface area (Å²) in [6.07, 6.45) is 6.49. The summed E-state index contributed by atoms with van der Waals surface area (Å²) in [6, 6.07) is 9.69. The van der Waals surface area contributed by atoms with Gasteiger partial charge in [0.05, 0.1) is 0 Å². The first kappa shape index (κ1) is 12.4. The second-order valence-electron chi connectivity index (χ2n) is 4.15. The molecule has 0 spiro atoms. The van der Waals surface area contributed by atoms with Crippen LogP contribution in [0.2, 0.25) is 0 Å². The molecule has 1 amide bonds. The van der Waals surface area contributed by atoms with Crippen molar-refractivity contribution in [3.05, 3.63) is 59.8 Å². The van der Waals surface area contributed by atoms with Crippen molar-refractivity contribution in [2.24, 2.45) is 0 Å². The van der Waals surface area contributed by atoms with Crippen LogP contribution in [0, 0.1) is 0 Å². The Morgan fingerprint density at radius 3 is 2.83 bits per heavy atom. The quantitative estimate of drug-likeness (QED) is 0.813. The van der Waals surface area contributed by atoms with Gasteiger partial charge < -0.3 is 4.74 Å². The second kappa shape index (κ2) is 6.05. The first-order valence-corrected chi connectivity index (χ1v) is 6.14. The first-order chi connectivity index (χ1) is 8.79. The lowest BCUT2D eigenvalue weighted by molar-refractivity contribution is 0.113. The van der Waals surface area contributed by atoms with Gasteiger partial charge in [-0.1, -0.05) is 49.4 Å². The van der Waals surface area contributed by atoms with E-state index in [1.165, 1.54) is 0 Å². The third-order valence-electron chi connectivity index (χ3n) is 2.80. The molecule has 0 atom stereocenters. The van der Waals surface area contributed by atoms with Crippen molar-refractivity contribution in [3.8, 4) is 0 Å². The van der Waals surface area contributed by atoms with Gasteiger partial charge in [-0.3, -0.25) is 4.90 Å². The highest BCUT2D eigenvalue weighted by Gasteiger charge is 2.14. The zero-order valence-corrected chi connectivity index (χ0v) is 10.5. The Morgan fingerprint density at radius 1 is 1.33 bits per heavy atom. The van der Waals surface area contributed by atoms with Gasteiger partial charge in [0, 0.05) is 12.7 Å². The minimum atomic E-state index is -0.297. The molecule has 18 heavy (non-hydrogen) atoms. The number of allylic oxidation sites excluding steroid dienone is 2. The van der Waals surface area contributed by atoms with E-state index in [4.69, 9.17) is 4.74 Å². The minimum absolute atomic E-state index is 0.297. The van der Waals surface area contributed by atoms with E-state index in [1.807, 2.05) is 48.7 Å². The van der Waals surface area contributed by atoms with Gasteiger partial charge in [-0.2, -0.15) is 0 Å². The summed E-state index contributed by atoms with van der Waals surface area (Å²) in [5, 5.41) is 0. The molecule has 1 aliphatic rings. The molecule has 0 N–H and O–H groups in total. The lowest BCUT2D eigenvalue weighted by atomic mass is 10.1. The molecule has 1 aliphatic heterocycles. The number of ether oxygens (including phenoxy) is 1. The summed E-state index contributed by atoms with van der Waals surface area (Å²) in [4.78, 5) is 13.5. The number of rotatable bonds is 3. The lowest BCUT2D eigenvalue weighted by Crippen LogP contribution is -2.28. The maximum atomic E-state index is 11.9. The molecule has 0 unspecified atom stereocenters. The lowest BCUT2D eigenvalue weighted by Gasteiger charge is -2.20. The van der Waals surface area contributed by atoms with Crippen molar-refractivity contribution in [3.63, 3.8) is 0 Å². The zero-order chi connectivity index (χ0) is 12.8. The van der Waals surface area contributed by atoms with Crippen LogP contribution in [0.3, 0.4) is 0 Å². The smallest absolute Gasteiger partial charge is 0.414 e. The van der Waals surface area contributed by atoms with Crippen molar-refractivity contribution >= 4 is 6.09 Å². The van der Waals surface area contributed by atoms with Gasteiger partial charge >= 0.3 is 6.09 Å². The van der Waals surface area contributed by atoms with Gasteiger partial charge in [0.2, 0.25) is 0 Å². The molecule has 3 nitrogen and oxygen atoms in total. The van der Waals surface area contributed by atoms with E-state index in [2.05, 4.69) is 6.92 Å². The summed E-state index contributed by atoms with van der Waals surface area (Å²) >= 11 is 0. The van der Waals surface area contributed by atoms with E-state index in [9.17, 15) is 4.79 Å². The third-order valence-corrected chi connectivity index (χ3v) is 2.80. The predicted octanol–water partition coefficient (Wildman–Crippen LogP) is 3.49. The number of hydrogen-bond acceptors (Lipinski definition) is 2. The summed E-state index contributed by atoms with van der Waals surface area (Å²) in [5.41, 5.74) is 2.14. The van der Waals surface area contributed by atoms with Crippen LogP contribution in [0.25, 0.3) is 0 Å². The summed E-state index contributed by atoms with van der Waals surface area (Å²) in [6.45, 7) is 2.96. The number of nitrogens with zero attached hydrogens (tertiary/aromatic N) is 1. The fraction of sp³-hybridized carbons (Fsp3) is 0.267. The van der Waals surface area contributed by atoms with E-state index < -0.39 is 0 Å². The van der Waals surface area contributed by atoms with Crippen LogP contribution in [-0.4, -0.2) is 17.5 Å². The van der Waals surface area contributed by atoms with Crippen LogP contribution in [0.15, 0.2) is 54.3 Å². The average molecular weight is 243 g/mol. The SMILES string of the molecule is CCC1=CN(C(=O)OCc2ccccc2)CC=C1. The normalized spacial score (nSPS) is 14.3. The molecule has 94 valence electrons. The number of amides is 1. The summed E-state index contributed by atoms with van der Waals surface area (Å²) in [5.74, 6) is 0. The Labute approximate surface area is 107 Å².